The molecule has 2 aliphatic carbocycles. The summed E-state index contributed by atoms with van der Waals surface area (Å²) >= 11 is 0. The lowest BCUT2D eigenvalue weighted by atomic mass is 9.66. The molecular weight excluding hydrogens is 262 g/mol. The second-order valence-electron chi connectivity index (χ2n) is 7.00. The third-order valence-electron chi connectivity index (χ3n) is 5.73. The molecule has 0 unspecified atom stereocenters. The van der Waals surface area contributed by atoms with Crippen LogP contribution in [0.25, 0.3) is 0 Å². The molecule has 0 amide bonds. The Bertz CT molecular complexity index is 453. The van der Waals surface area contributed by atoms with Gasteiger partial charge in [0.25, 0.3) is 0 Å². The molecule has 3 rings (SSSR count). The Morgan fingerprint density at radius 1 is 1.00 bits per heavy atom. The third kappa shape index (κ3) is 3.03. The molecule has 0 atom stereocenters. The number of methoxy groups -OCH3 is 1. The Morgan fingerprint density at radius 2 is 1.62 bits per heavy atom. The van der Waals surface area contributed by atoms with E-state index < -0.39 is 0 Å². The molecule has 0 radical (unpaired) electrons. The summed E-state index contributed by atoms with van der Waals surface area (Å²) in [7, 11) is 1.68. The minimum Gasteiger partial charge on any atom is -0.497 e. The first kappa shape index (κ1) is 14.7. The van der Waals surface area contributed by atoms with Gasteiger partial charge in [-0.1, -0.05) is 12.8 Å². The molecule has 1 spiro atoms. The second-order valence-corrected chi connectivity index (χ2v) is 7.00. The van der Waals surface area contributed by atoms with E-state index in [2.05, 4.69) is 5.32 Å². The zero-order valence-corrected chi connectivity index (χ0v) is 13.0. The summed E-state index contributed by atoms with van der Waals surface area (Å²) in [5, 5.41) is 13.5. The summed E-state index contributed by atoms with van der Waals surface area (Å²) in [6, 6.07) is 8.01. The molecule has 2 saturated carbocycles. The van der Waals surface area contributed by atoms with Gasteiger partial charge in [0, 0.05) is 5.69 Å². The first-order valence-electron chi connectivity index (χ1n) is 8.22. The van der Waals surface area contributed by atoms with E-state index in [0.29, 0.717) is 5.41 Å². The molecule has 0 saturated heterocycles. The van der Waals surface area contributed by atoms with Crippen LogP contribution in [0.2, 0.25) is 0 Å². The number of hydrogen-bond donors (Lipinski definition) is 2. The molecule has 0 aliphatic heterocycles. The molecule has 0 heterocycles. The molecule has 1 aromatic rings. The lowest BCUT2D eigenvalue weighted by Gasteiger charge is -2.45. The molecule has 3 nitrogen and oxygen atoms in total. The van der Waals surface area contributed by atoms with Crippen molar-refractivity contribution in [3.8, 4) is 5.75 Å². The predicted octanol–water partition coefficient (Wildman–Crippen LogP) is 3.97. The van der Waals surface area contributed by atoms with Gasteiger partial charge in [0.1, 0.15) is 5.75 Å². The van der Waals surface area contributed by atoms with Crippen molar-refractivity contribution in [2.45, 2.75) is 56.9 Å². The number of ether oxygens (including phenoxy) is 1. The number of aliphatic hydroxyl groups is 1. The summed E-state index contributed by atoms with van der Waals surface area (Å²) < 4.78 is 5.20. The van der Waals surface area contributed by atoms with Crippen LogP contribution in [0.4, 0.5) is 5.69 Å². The zero-order chi connectivity index (χ0) is 14.8. The smallest absolute Gasteiger partial charge is 0.119 e. The van der Waals surface area contributed by atoms with Gasteiger partial charge in [-0.25, -0.2) is 0 Å². The molecule has 2 aliphatic rings. The van der Waals surface area contributed by atoms with Gasteiger partial charge in [-0.3, -0.25) is 0 Å². The van der Waals surface area contributed by atoms with Gasteiger partial charge in [0.2, 0.25) is 0 Å². The standard InChI is InChI=1S/C18H27NO2/c1-21-16-6-4-15(5-7-16)19-18(14-20)12-10-17(11-13-18)8-2-3-9-17/h4-7,19-20H,2-3,8-14H2,1H3. The molecule has 2 N–H and O–H groups in total. The monoisotopic (exact) mass is 289 g/mol. The lowest BCUT2D eigenvalue weighted by molar-refractivity contribution is 0.100. The van der Waals surface area contributed by atoms with E-state index in [1.165, 1.54) is 38.5 Å². The van der Waals surface area contributed by atoms with Gasteiger partial charge >= 0.3 is 0 Å². The highest BCUT2D eigenvalue weighted by Gasteiger charge is 2.43. The first-order valence-corrected chi connectivity index (χ1v) is 8.22. The summed E-state index contributed by atoms with van der Waals surface area (Å²) in [4.78, 5) is 0. The number of aliphatic hydroxyl groups excluding tert-OH is 1. The van der Waals surface area contributed by atoms with Crippen LogP contribution in [0, 0.1) is 5.41 Å². The van der Waals surface area contributed by atoms with Crippen LogP contribution in [0.5, 0.6) is 5.75 Å². The van der Waals surface area contributed by atoms with E-state index in [1.54, 1.807) is 7.11 Å². The Hall–Kier alpha value is -1.22. The Labute approximate surface area is 127 Å². The van der Waals surface area contributed by atoms with Crippen LogP contribution in [-0.4, -0.2) is 24.4 Å². The highest BCUT2D eigenvalue weighted by atomic mass is 16.5. The Kier molecular flexibility index (Phi) is 4.12. The number of rotatable bonds is 4. The van der Waals surface area contributed by atoms with E-state index >= 15 is 0 Å². The summed E-state index contributed by atoms with van der Waals surface area (Å²) in [6.07, 6.45) is 10.3. The van der Waals surface area contributed by atoms with Crippen molar-refractivity contribution in [1.29, 1.82) is 0 Å². The number of hydrogen-bond acceptors (Lipinski definition) is 3. The lowest BCUT2D eigenvalue weighted by Crippen LogP contribution is -2.47. The highest BCUT2D eigenvalue weighted by molar-refractivity contribution is 5.48. The first-order chi connectivity index (χ1) is 10.2. The molecule has 0 bridgehead atoms. The quantitative estimate of drug-likeness (QED) is 0.881. The summed E-state index contributed by atoms with van der Waals surface area (Å²) in [6.45, 7) is 0.217. The maximum absolute atomic E-state index is 9.95. The van der Waals surface area contributed by atoms with E-state index in [-0.39, 0.29) is 12.1 Å². The van der Waals surface area contributed by atoms with Gasteiger partial charge in [0.15, 0.2) is 0 Å². The van der Waals surface area contributed by atoms with Gasteiger partial charge in [0.05, 0.1) is 19.3 Å². The minimum atomic E-state index is -0.136. The molecule has 116 valence electrons. The van der Waals surface area contributed by atoms with Gasteiger partial charge < -0.3 is 15.2 Å². The number of anilines is 1. The average Bonchev–Trinajstić information content (AvgIpc) is 2.99. The summed E-state index contributed by atoms with van der Waals surface area (Å²) in [5.74, 6) is 0.868. The van der Waals surface area contributed by atoms with Crippen LogP contribution < -0.4 is 10.1 Å². The second kappa shape index (κ2) is 5.88. The number of benzene rings is 1. The maximum Gasteiger partial charge on any atom is 0.119 e. The van der Waals surface area contributed by atoms with E-state index in [1.807, 2.05) is 24.3 Å². The maximum atomic E-state index is 9.95. The fraction of sp³-hybridized carbons (Fsp3) is 0.667. The molecule has 0 aromatic heterocycles. The molecule has 1 aromatic carbocycles. The minimum absolute atomic E-state index is 0.136. The van der Waals surface area contributed by atoms with Crippen LogP contribution in [0.15, 0.2) is 24.3 Å². The van der Waals surface area contributed by atoms with Crippen molar-refractivity contribution >= 4 is 5.69 Å². The zero-order valence-electron chi connectivity index (χ0n) is 13.0. The normalized spacial score (nSPS) is 23.1. The van der Waals surface area contributed by atoms with Crippen molar-refractivity contribution < 1.29 is 9.84 Å². The van der Waals surface area contributed by atoms with Gasteiger partial charge in [-0.15, -0.1) is 0 Å². The predicted molar refractivity (Wildman–Crippen MR) is 85.8 cm³/mol. The largest absolute Gasteiger partial charge is 0.497 e. The Balaban J connectivity index is 1.66. The van der Waals surface area contributed by atoms with E-state index in [4.69, 9.17) is 4.74 Å². The van der Waals surface area contributed by atoms with Crippen molar-refractivity contribution in [3.05, 3.63) is 24.3 Å². The van der Waals surface area contributed by atoms with Crippen molar-refractivity contribution in [3.63, 3.8) is 0 Å². The fourth-order valence-corrected chi connectivity index (χ4v) is 4.19. The van der Waals surface area contributed by atoms with E-state index in [9.17, 15) is 5.11 Å². The fourth-order valence-electron chi connectivity index (χ4n) is 4.19. The van der Waals surface area contributed by atoms with Crippen LogP contribution in [0.1, 0.15) is 51.4 Å². The van der Waals surface area contributed by atoms with Gasteiger partial charge in [-0.05, 0) is 68.2 Å². The molecule has 3 heteroatoms. The third-order valence-corrected chi connectivity index (χ3v) is 5.73. The topological polar surface area (TPSA) is 41.5 Å². The van der Waals surface area contributed by atoms with Crippen molar-refractivity contribution in [2.75, 3.05) is 19.0 Å². The van der Waals surface area contributed by atoms with Crippen LogP contribution in [0.3, 0.4) is 0 Å². The van der Waals surface area contributed by atoms with Crippen molar-refractivity contribution in [1.82, 2.24) is 0 Å². The van der Waals surface area contributed by atoms with Gasteiger partial charge in [-0.2, -0.15) is 0 Å². The number of nitrogens with one attached hydrogen (secondary N) is 1. The molecule has 2 fully saturated rings. The van der Waals surface area contributed by atoms with E-state index in [0.717, 1.165) is 24.3 Å². The van der Waals surface area contributed by atoms with Crippen LogP contribution in [-0.2, 0) is 0 Å². The average molecular weight is 289 g/mol. The highest BCUT2D eigenvalue weighted by Crippen LogP contribution is 2.51. The molecular formula is C18H27NO2. The van der Waals surface area contributed by atoms with Crippen molar-refractivity contribution in [2.24, 2.45) is 5.41 Å². The van der Waals surface area contributed by atoms with Crippen LogP contribution >= 0.6 is 0 Å². The molecule has 21 heavy (non-hydrogen) atoms. The summed E-state index contributed by atoms with van der Waals surface area (Å²) in [5.41, 5.74) is 1.54. The SMILES string of the molecule is COc1ccc(NC2(CO)CCC3(CCCC3)CC2)cc1. The Morgan fingerprint density at radius 3 is 2.14 bits per heavy atom.